The van der Waals surface area contributed by atoms with E-state index in [1.54, 1.807) is 13.1 Å². The quantitative estimate of drug-likeness (QED) is 0.659. The molecule has 0 unspecified atom stereocenters. The van der Waals surface area contributed by atoms with Crippen LogP contribution in [0.1, 0.15) is 5.56 Å². The maximum Gasteiger partial charge on any atom is 0.0826 e. The molecule has 2 rings (SSSR count). The summed E-state index contributed by atoms with van der Waals surface area (Å²) < 4.78 is 0. The summed E-state index contributed by atoms with van der Waals surface area (Å²) in [5.74, 6) is 6.02. The van der Waals surface area contributed by atoms with Crippen molar-refractivity contribution in [2.24, 2.45) is 11.6 Å². The van der Waals surface area contributed by atoms with Crippen molar-refractivity contribution in [3.63, 3.8) is 0 Å². The van der Waals surface area contributed by atoms with Crippen molar-refractivity contribution in [1.29, 1.82) is 0 Å². The molecule has 0 aliphatic carbocycles. The summed E-state index contributed by atoms with van der Waals surface area (Å²) in [5.41, 5.74) is 11.8. The molecule has 0 amide bonds. The van der Waals surface area contributed by atoms with Crippen LogP contribution in [0.5, 0.6) is 0 Å². The van der Waals surface area contributed by atoms with Crippen LogP contribution in [0.25, 0.3) is 5.70 Å². The number of hydrogen-bond acceptors (Lipinski definition) is 4. The summed E-state index contributed by atoms with van der Waals surface area (Å²) in [6.45, 7) is 8.53. The van der Waals surface area contributed by atoms with Gasteiger partial charge in [0.1, 0.15) is 0 Å². The first-order valence-electron chi connectivity index (χ1n) is 6.78. The summed E-state index contributed by atoms with van der Waals surface area (Å²) in [6.07, 6.45) is 3.61. The van der Waals surface area contributed by atoms with E-state index in [1.807, 2.05) is 31.3 Å². The Balaban J connectivity index is 2.85. The van der Waals surface area contributed by atoms with Crippen LogP contribution in [0.2, 0.25) is 0 Å². The Bertz CT molecular complexity index is 638. The van der Waals surface area contributed by atoms with E-state index >= 15 is 0 Å². The molecule has 0 fully saturated rings. The van der Waals surface area contributed by atoms with Gasteiger partial charge in [-0.3, -0.25) is 0 Å². The van der Waals surface area contributed by atoms with Gasteiger partial charge < -0.3 is 15.6 Å². The first-order valence-corrected chi connectivity index (χ1v) is 6.78. The third-order valence-electron chi connectivity index (χ3n) is 3.67. The van der Waals surface area contributed by atoms with Crippen LogP contribution in [0, 0.1) is 0 Å². The number of allylic oxidation sites excluding steroid dienone is 1. The molecule has 4 N–H and O–H groups in total. The molecule has 1 aromatic carbocycles. The summed E-state index contributed by atoms with van der Waals surface area (Å²) >= 11 is 0. The van der Waals surface area contributed by atoms with Gasteiger partial charge in [0.15, 0.2) is 0 Å². The number of nitrogens with two attached hydrogens (primary N) is 2. The minimum atomic E-state index is 0.636. The molecule has 0 atom stereocenters. The molecule has 1 aromatic rings. The zero-order chi connectivity index (χ0) is 15.6. The number of para-hydroxylation sites is 1. The van der Waals surface area contributed by atoms with E-state index < -0.39 is 0 Å². The Hall–Kier alpha value is -2.46. The molecule has 110 valence electrons. The summed E-state index contributed by atoms with van der Waals surface area (Å²) in [7, 11) is 3.81. The third kappa shape index (κ3) is 2.58. The third-order valence-corrected chi connectivity index (χ3v) is 3.67. The number of hydrazine groups is 1. The molecule has 0 bridgehead atoms. The van der Waals surface area contributed by atoms with Gasteiger partial charge in [0.2, 0.25) is 0 Å². The summed E-state index contributed by atoms with van der Waals surface area (Å²) in [4.78, 5) is 2.15. The molecule has 4 nitrogen and oxygen atoms in total. The van der Waals surface area contributed by atoms with Crippen molar-refractivity contribution in [1.82, 2.24) is 5.01 Å². The Labute approximate surface area is 126 Å². The fraction of sp³-hybridized carbons (Fsp3) is 0.176. The van der Waals surface area contributed by atoms with E-state index in [0.29, 0.717) is 12.2 Å². The highest BCUT2D eigenvalue weighted by atomic mass is 15.4. The van der Waals surface area contributed by atoms with Gasteiger partial charge in [-0.2, -0.15) is 0 Å². The van der Waals surface area contributed by atoms with Crippen LogP contribution in [0.3, 0.4) is 0 Å². The fourth-order valence-corrected chi connectivity index (χ4v) is 2.67. The van der Waals surface area contributed by atoms with Gasteiger partial charge in [0, 0.05) is 37.5 Å². The van der Waals surface area contributed by atoms with Crippen LogP contribution in [-0.2, 0) is 0 Å². The highest BCUT2D eigenvalue weighted by Gasteiger charge is 2.21. The second-order valence-corrected chi connectivity index (χ2v) is 5.09. The molecular formula is C17H22N4. The summed E-state index contributed by atoms with van der Waals surface area (Å²) in [5, 5.41) is 1.54. The van der Waals surface area contributed by atoms with E-state index in [-0.39, 0.29) is 0 Å². The van der Waals surface area contributed by atoms with E-state index in [1.165, 1.54) is 5.01 Å². The molecule has 1 aliphatic rings. The predicted octanol–water partition coefficient (Wildman–Crippen LogP) is 2.24. The lowest BCUT2D eigenvalue weighted by Crippen LogP contribution is -2.32. The van der Waals surface area contributed by atoms with Crippen molar-refractivity contribution in [3.05, 3.63) is 72.0 Å². The Morgan fingerprint density at radius 3 is 2.48 bits per heavy atom. The van der Waals surface area contributed by atoms with E-state index in [0.717, 1.165) is 28.1 Å². The molecule has 0 radical (unpaired) electrons. The standard InChI is InChI=1S/C17H22N4/c1-5-12-11-20(3)15-10-8-7-9-14(15)16(18)17(21(4)19)13(12)6-2/h5-10H,1-2,11,18-19H2,3-4H3/b13-12-,17-16-. The number of benzene rings is 1. The molecule has 1 aliphatic heterocycles. The average Bonchev–Trinajstić information content (AvgIpc) is 2.48. The molecule has 0 spiro atoms. The maximum absolute atomic E-state index is 6.42. The van der Waals surface area contributed by atoms with Gasteiger partial charge in [0.05, 0.1) is 11.4 Å². The van der Waals surface area contributed by atoms with Gasteiger partial charge in [-0.25, -0.2) is 5.84 Å². The van der Waals surface area contributed by atoms with Gasteiger partial charge >= 0.3 is 0 Å². The monoisotopic (exact) mass is 282 g/mol. The number of likely N-dealkylation sites (N-methyl/N-ethyl adjacent to an activating group) is 2. The fourth-order valence-electron chi connectivity index (χ4n) is 2.67. The molecule has 21 heavy (non-hydrogen) atoms. The Morgan fingerprint density at radius 1 is 1.24 bits per heavy atom. The average molecular weight is 282 g/mol. The molecule has 0 saturated carbocycles. The minimum Gasteiger partial charge on any atom is -0.396 e. The van der Waals surface area contributed by atoms with Gasteiger partial charge in [-0.1, -0.05) is 43.5 Å². The van der Waals surface area contributed by atoms with Gasteiger partial charge in [0.25, 0.3) is 0 Å². The summed E-state index contributed by atoms with van der Waals surface area (Å²) in [6, 6.07) is 8.03. The van der Waals surface area contributed by atoms with Crippen molar-refractivity contribution in [2.75, 3.05) is 25.5 Å². The van der Waals surface area contributed by atoms with Crippen LogP contribution >= 0.6 is 0 Å². The highest BCUT2D eigenvalue weighted by molar-refractivity contribution is 5.81. The normalized spacial score (nSPS) is 22.1. The van der Waals surface area contributed by atoms with Crippen LogP contribution < -0.4 is 16.5 Å². The smallest absolute Gasteiger partial charge is 0.0826 e. The number of rotatable bonds is 3. The van der Waals surface area contributed by atoms with E-state index in [9.17, 15) is 0 Å². The second-order valence-electron chi connectivity index (χ2n) is 5.09. The second kappa shape index (κ2) is 5.89. The van der Waals surface area contributed by atoms with Crippen molar-refractivity contribution < 1.29 is 0 Å². The van der Waals surface area contributed by atoms with Crippen LogP contribution in [0.15, 0.2) is 66.4 Å². The maximum atomic E-state index is 6.42. The molecular weight excluding hydrogens is 260 g/mol. The van der Waals surface area contributed by atoms with Gasteiger partial charge in [-0.15, -0.1) is 0 Å². The first kappa shape index (κ1) is 14.9. The van der Waals surface area contributed by atoms with Gasteiger partial charge in [-0.05, 0) is 11.6 Å². The first-order chi connectivity index (χ1) is 10.0. The topological polar surface area (TPSA) is 58.5 Å². The molecule has 0 aromatic heterocycles. The molecule has 4 heteroatoms. The zero-order valence-electron chi connectivity index (χ0n) is 12.6. The molecule has 1 heterocycles. The zero-order valence-corrected chi connectivity index (χ0v) is 12.6. The number of anilines is 1. The predicted molar refractivity (Wildman–Crippen MR) is 90.2 cm³/mol. The Kier molecular flexibility index (Phi) is 4.19. The van der Waals surface area contributed by atoms with Crippen LogP contribution in [-0.4, -0.2) is 25.6 Å². The lowest BCUT2D eigenvalue weighted by molar-refractivity contribution is 0.451. The SMILES string of the molecule is C=C/C1=C(C=C)/C(N(C)N)=C(/N)c2ccccc2N(C)C1. The van der Waals surface area contributed by atoms with E-state index in [2.05, 4.69) is 24.1 Å². The van der Waals surface area contributed by atoms with Crippen molar-refractivity contribution >= 4 is 11.4 Å². The lowest BCUT2D eigenvalue weighted by atomic mass is 9.96. The highest BCUT2D eigenvalue weighted by Crippen LogP contribution is 2.33. The molecule has 0 saturated heterocycles. The van der Waals surface area contributed by atoms with Crippen molar-refractivity contribution in [2.45, 2.75) is 0 Å². The largest absolute Gasteiger partial charge is 0.396 e. The van der Waals surface area contributed by atoms with Crippen LogP contribution in [0.4, 0.5) is 5.69 Å². The lowest BCUT2D eigenvalue weighted by Gasteiger charge is -2.30. The number of nitrogens with zero attached hydrogens (tertiary/aromatic N) is 2. The number of fused-ring (bicyclic) bond motifs is 1. The minimum absolute atomic E-state index is 0.636. The van der Waals surface area contributed by atoms with E-state index in [4.69, 9.17) is 11.6 Å². The Morgan fingerprint density at radius 2 is 1.90 bits per heavy atom. The van der Waals surface area contributed by atoms with Crippen molar-refractivity contribution in [3.8, 4) is 0 Å². The number of hydrogen-bond donors (Lipinski definition) is 2.